The van der Waals surface area contributed by atoms with Gasteiger partial charge in [0.15, 0.2) is 0 Å². The van der Waals surface area contributed by atoms with Crippen LogP contribution in [0.25, 0.3) is 10.9 Å². The molecule has 1 saturated heterocycles. The van der Waals surface area contributed by atoms with E-state index in [2.05, 4.69) is 28.4 Å². The summed E-state index contributed by atoms with van der Waals surface area (Å²) >= 11 is 0. The van der Waals surface area contributed by atoms with Gasteiger partial charge in [-0.1, -0.05) is 30.3 Å². The summed E-state index contributed by atoms with van der Waals surface area (Å²) in [6.07, 6.45) is 3.71. The fourth-order valence-corrected chi connectivity index (χ4v) is 3.46. The topological polar surface area (TPSA) is 50.3 Å². The maximum absolute atomic E-state index is 5.46. The minimum Gasteiger partial charge on any atom is -0.496 e. The van der Waals surface area contributed by atoms with Gasteiger partial charge in [0.25, 0.3) is 0 Å². The summed E-state index contributed by atoms with van der Waals surface area (Å²) in [5, 5.41) is 4.54. The first kappa shape index (κ1) is 19.2. The Balaban J connectivity index is 0.00000210. The Morgan fingerprint density at radius 2 is 1.70 bits per heavy atom. The monoisotopic (exact) mass is 384 g/mol. The van der Waals surface area contributed by atoms with Crippen LogP contribution in [0.1, 0.15) is 24.8 Å². The molecule has 1 N–H and O–H groups in total. The highest BCUT2D eigenvalue weighted by atomic mass is 35.5. The number of hydrogen-bond donors (Lipinski definition) is 1. The highest BCUT2D eigenvalue weighted by molar-refractivity contribution is 5.90. The van der Waals surface area contributed by atoms with Crippen LogP contribution >= 0.6 is 12.4 Å². The number of hydrogen-bond acceptors (Lipinski definition) is 5. The molecule has 4 rings (SSSR count). The molecule has 0 saturated carbocycles. The highest BCUT2D eigenvalue weighted by Gasteiger charge is 2.16. The van der Waals surface area contributed by atoms with Crippen LogP contribution in [0.3, 0.4) is 0 Å². The van der Waals surface area contributed by atoms with Crippen molar-refractivity contribution >= 4 is 35.1 Å². The lowest BCUT2D eigenvalue weighted by molar-refractivity contribution is 0.410. The molecule has 0 amide bonds. The van der Waals surface area contributed by atoms with E-state index >= 15 is 0 Å². The van der Waals surface area contributed by atoms with E-state index in [0.717, 1.165) is 47.1 Å². The molecule has 0 bridgehead atoms. The molecule has 0 aliphatic carbocycles. The average Bonchev–Trinajstić information content (AvgIpc) is 2.72. The van der Waals surface area contributed by atoms with Crippen molar-refractivity contribution in [3.63, 3.8) is 0 Å². The molecule has 0 unspecified atom stereocenters. The summed E-state index contributed by atoms with van der Waals surface area (Å²) in [5.74, 6) is 2.59. The number of para-hydroxylation sites is 2. The van der Waals surface area contributed by atoms with Crippen molar-refractivity contribution in [2.45, 2.75) is 25.8 Å². The second-order valence-corrected chi connectivity index (χ2v) is 6.60. The van der Waals surface area contributed by atoms with Gasteiger partial charge in [0.2, 0.25) is 5.95 Å². The van der Waals surface area contributed by atoms with Gasteiger partial charge in [0.05, 0.1) is 12.6 Å². The lowest BCUT2D eigenvalue weighted by Crippen LogP contribution is -2.31. The van der Waals surface area contributed by atoms with Gasteiger partial charge in [-0.3, -0.25) is 0 Å². The van der Waals surface area contributed by atoms with E-state index in [1.54, 1.807) is 7.11 Å². The lowest BCUT2D eigenvalue weighted by atomic mass is 10.1. The number of rotatable bonds is 5. The normalized spacial score (nSPS) is 13.9. The van der Waals surface area contributed by atoms with Gasteiger partial charge in [-0.2, -0.15) is 4.98 Å². The van der Waals surface area contributed by atoms with Crippen LogP contribution in [-0.2, 0) is 6.54 Å². The zero-order valence-electron chi connectivity index (χ0n) is 15.5. The maximum atomic E-state index is 5.46. The van der Waals surface area contributed by atoms with Gasteiger partial charge in [-0.25, -0.2) is 4.98 Å². The Morgan fingerprint density at radius 3 is 2.52 bits per heavy atom. The third kappa shape index (κ3) is 4.25. The molecule has 27 heavy (non-hydrogen) atoms. The van der Waals surface area contributed by atoms with Crippen molar-refractivity contribution in [1.82, 2.24) is 9.97 Å². The van der Waals surface area contributed by atoms with Crippen LogP contribution in [0.2, 0.25) is 0 Å². The van der Waals surface area contributed by atoms with Crippen LogP contribution in [-0.4, -0.2) is 30.2 Å². The molecule has 1 aliphatic heterocycles. The number of fused-ring (bicyclic) bond motifs is 1. The molecule has 142 valence electrons. The van der Waals surface area contributed by atoms with Crippen molar-refractivity contribution in [3.8, 4) is 5.75 Å². The number of ether oxygens (including phenoxy) is 1. The Morgan fingerprint density at radius 1 is 0.963 bits per heavy atom. The highest BCUT2D eigenvalue weighted by Crippen LogP contribution is 2.26. The molecule has 0 spiro atoms. The molecular weight excluding hydrogens is 360 g/mol. The summed E-state index contributed by atoms with van der Waals surface area (Å²) in [5.41, 5.74) is 2.09. The number of nitrogens with one attached hydrogen (secondary N) is 1. The average molecular weight is 385 g/mol. The second kappa shape index (κ2) is 8.91. The fraction of sp³-hybridized carbons (Fsp3) is 0.333. The van der Waals surface area contributed by atoms with Crippen molar-refractivity contribution in [3.05, 3.63) is 54.1 Å². The third-order valence-electron chi connectivity index (χ3n) is 4.87. The van der Waals surface area contributed by atoms with Crippen LogP contribution in [0.5, 0.6) is 5.75 Å². The summed E-state index contributed by atoms with van der Waals surface area (Å²) in [7, 11) is 1.70. The molecule has 1 aliphatic rings. The zero-order valence-corrected chi connectivity index (χ0v) is 16.3. The first-order valence-corrected chi connectivity index (χ1v) is 9.22. The minimum atomic E-state index is 0. The van der Waals surface area contributed by atoms with Crippen LogP contribution in [0.15, 0.2) is 48.5 Å². The Hall–Kier alpha value is -2.53. The second-order valence-electron chi connectivity index (χ2n) is 6.60. The zero-order chi connectivity index (χ0) is 17.8. The predicted molar refractivity (Wildman–Crippen MR) is 113 cm³/mol. The lowest BCUT2D eigenvalue weighted by Gasteiger charge is -2.27. The largest absolute Gasteiger partial charge is 0.496 e. The number of aromatic nitrogens is 2. The van der Waals surface area contributed by atoms with Gasteiger partial charge in [0.1, 0.15) is 11.6 Å². The maximum Gasteiger partial charge on any atom is 0.227 e. The molecule has 1 fully saturated rings. The van der Waals surface area contributed by atoms with Gasteiger partial charge >= 0.3 is 0 Å². The van der Waals surface area contributed by atoms with E-state index in [4.69, 9.17) is 14.7 Å². The molecule has 2 heterocycles. The van der Waals surface area contributed by atoms with Gasteiger partial charge in [-0.15, -0.1) is 12.4 Å². The first-order chi connectivity index (χ1) is 12.8. The van der Waals surface area contributed by atoms with Crippen LogP contribution in [0.4, 0.5) is 11.8 Å². The molecule has 6 heteroatoms. The molecule has 5 nitrogen and oxygen atoms in total. The summed E-state index contributed by atoms with van der Waals surface area (Å²) in [6, 6.07) is 16.2. The standard InChI is InChI=1S/C21H24N4O.ClH/c1-26-19-12-6-3-9-16(19)15-22-20-17-10-4-5-11-18(17)23-21(24-20)25-13-7-2-8-14-25;/h3-6,9-12H,2,7-8,13-15H2,1H3,(H,22,23,24);1H. The summed E-state index contributed by atoms with van der Waals surface area (Å²) < 4.78 is 5.46. The number of methoxy groups -OCH3 is 1. The third-order valence-corrected chi connectivity index (χ3v) is 4.87. The number of anilines is 2. The van der Waals surface area contributed by atoms with Crippen LogP contribution < -0.4 is 15.0 Å². The van der Waals surface area contributed by atoms with Crippen molar-refractivity contribution in [1.29, 1.82) is 0 Å². The fourth-order valence-electron chi connectivity index (χ4n) is 3.46. The van der Waals surface area contributed by atoms with E-state index in [-0.39, 0.29) is 12.4 Å². The first-order valence-electron chi connectivity index (χ1n) is 9.22. The van der Waals surface area contributed by atoms with Crippen LogP contribution in [0, 0.1) is 0 Å². The van der Waals surface area contributed by atoms with Crippen molar-refractivity contribution in [2.24, 2.45) is 0 Å². The molecule has 3 aromatic rings. The van der Waals surface area contributed by atoms with Gasteiger partial charge in [0, 0.05) is 30.6 Å². The Bertz CT molecular complexity index is 896. The van der Waals surface area contributed by atoms with E-state index in [0.29, 0.717) is 6.54 Å². The molecule has 1 aromatic heterocycles. The van der Waals surface area contributed by atoms with Gasteiger partial charge < -0.3 is 15.0 Å². The summed E-state index contributed by atoms with van der Waals surface area (Å²) in [6.45, 7) is 2.72. The van der Waals surface area contributed by atoms with E-state index in [1.165, 1.54) is 19.3 Å². The number of piperidine rings is 1. The van der Waals surface area contributed by atoms with Gasteiger partial charge in [-0.05, 0) is 37.5 Å². The quantitative estimate of drug-likeness (QED) is 0.693. The Kier molecular flexibility index (Phi) is 6.35. The smallest absolute Gasteiger partial charge is 0.227 e. The predicted octanol–water partition coefficient (Wildman–Crippen LogP) is 4.66. The van der Waals surface area contributed by atoms with Crippen molar-refractivity contribution < 1.29 is 4.74 Å². The van der Waals surface area contributed by atoms with E-state index in [9.17, 15) is 0 Å². The Labute approximate surface area is 166 Å². The molecule has 0 radical (unpaired) electrons. The van der Waals surface area contributed by atoms with E-state index < -0.39 is 0 Å². The van der Waals surface area contributed by atoms with Crippen molar-refractivity contribution in [2.75, 3.05) is 30.4 Å². The SMILES string of the molecule is COc1ccccc1CNc1nc(N2CCCCC2)nc2ccccc12.Cl. The molecular formula is C21H25ClN4O. The molecule has 2 aromatic carbocycles. The number of nitrogens with zero attached hydrogens (tertiary/aromatic N) is 3. The summed E-state index contributed by atoms with van der Waals surface area (Å²) in [4.78, 5) is 12.0. The number of benzene rings is 2. The minimum absolute atomic E-state index is 0. The molecule has 0 atom stereocenters. The number of halogens is 1. The van der Waals surface area contributed by atoms with E-state index in [1.807, 2.05) is 30.3 Å².